The zero-order valence-electron chi connectivity index (χ0n) is 10.1. The second-order valence-electron chi connectivity index (χ2n) is 4.43. The van der Waals surface area contributed by atoms with Crippen LogP contribution in [0.4, 0.5) is 0 Å². The van der Waals surface area contributed by atoms with Crippen LogP contribution in [0.3, 0.4) is 0 Å². The van der Waals surface area contributed by atoms with E-state index in [1.165, 1.54) is 11.8 Å². The first-order valence-corrected chi connectivity index (χ1v) is 6.91. The van der Waals surface area contributed by atoms with E-state index >= 15 is 0 Å². The third kappa shape index (κ3) is 2.80. The molecular weight excluding hydrogens is 238 g/mol. The molecule has 94 valence electrons. The molecule has 1 atom stereocenters. The van der Waals surface area contributed by atoms with Gasteiger partial charge >= 0.3 is 5.97 Å². The molecule has 6 heteroatoms. The molecule has 0 aromatic carbocycles. The van der Waals surface area contributed by atoms with E-state index in [2.05, 4.69) is 28.6 Å². The van der Waals surface area contributed by atoms with E-state index in [0.29, 0.717) is 12.0 Å². The van der Waals surface area contributed by atoms with Gasteiger partial charge in [-0.05, 0) is 19.3 Å². The Morgan fingerprint density at radius 1 is 1.59 bits per heavy atom. The molecule has 1 unspecified atom stereocenters. The third-order valence-corrected chi connectivity index (χ3v) is 3.91. The molecule has 1 saturated carbocycles. The van der Waals surface area contributed by atoms with Gasteiger partial charge in [-0.3, -0.25) is 4.79 Å². The van der Waals surface area contributed by atoms with Crippen molar-refractivity contribution in [3.05, 3.63) is 5.82 Å². The van der Waals surface area contributed by atoms with E-state index in [9.17, 15) is 4.79 Å². The van der Waals surface area contributed by atoms with Gasteiger partial charge in [0, 0.05) is 12.0 Å². The highest BCUT2D eigenvalue weighted by Gasteiger charge is 2.31. The summed E-state index contributed by atoms with van der Waals surface area (Å²) in [5, 5.41) is 17.8. The van der Waals surface area contributed by atoms with Crippen molar-refractivity contribution in [2.45, 2.75) is 50.2 Å². The molecule has 2 rings (SSSR count). The first-order chi connectivity index (χ1) is 8.13. The zero-order valence-corrected chi connectivity index (χ0v) is 10.9. The van der Waals surface area contributed by atoms with E-state index in [0.717, 1.165) is 30.2 Å². The average molecular weight is 255 g/mol. The van der Waals surface area contributed by atoms with Crippen molar-refractivity contribution in [3.63, 3.8) is 0 Å². The molecule has 1 aliphatic carbocycles. The van der Waals surface area contributed by atoms with Crippen LogP contribution in [0.2, 0.25) is 0 Å². The highest BCUT2D eigenvalue weighted by atomic mass is 32.2. The maximum absolute atomic E-state index is 10.6. The van der Waals surface area contributed by atoms with Crippen molar-refractivity contribution in [3.8, 4) is 0 Å². The van der Waals surface area contributed by atoms with Crippen LogP contribution < -0.4 is 0 Å². The molecule has 0 amide bonds. The Bertz CT molecular complexity index is 415. The van der Waals surface area contributed by atoms with Crippen molar-refractivity contribution in [1.82, 2.24) is 14.8 Å². The van der Waals surface area contributed by atoms with Gasteiger partial charge in [0.15, 0.2) is 5.16 Å². The lowest BCUT2D eigenvalue weighted by Gasteiger charge is -2.11. The molecule has 0 bridgehead atoms. The summed E-state index contributed by atoms with van der Waals surface area (Å²) in [6.07, 6.45) is 3.33. The van der Waals surface area contributed by atoms with Crippen LogP contribution in [0.1, 0.15) is 50.9 Å². The molecule has 17 heavy (non-hydrogen) atoms. The largest absolute Gasteiger partial charge is 0.481 e. The summed E-state index contributed by atoms with van der Waals surface area (Å²) in [7, 11) is 0. The molecule has 0 radical (unpaired) electrons. The number of nitrogens with zero attached hydrogens (tertiary/aromatic N) is 3. The summed E-state index contributed by atoms with van der Waals surface area (Å²) in [6, 6.07) is 0.491. The van der Waals surface area contributed by atoms with E-state index in [4.69, 9.17) is 5.11 Å². The van der Waals surface area contributed by atoms with Crippen molar-refractivity contribution in [2.75, 3.05) is 5.75 Å². The Labute approximate surface area is 105 Å². The summed E-state index contributed by atoms with van der Waals surface area (Å²) >= 11 is 1.26. The summed E-state index contributed by atoms with van der Waals surface area (Å²) < 4.78 is 2.14. The lowest BCUT2D eigenvalue weighted by atomic mass is 10.1. The average Bonchev–Trinajstić information content (AvgIpc) is 3.05. The molecular formula is C11H17N3O2S. The van der Waals surface area contributed by atoms with Gasteiger partial charge in [0.2, 0.25) is 0 Å². The number of carboxylic acid groups (broad SMARTS) is 1. The lowest BCUT2D eigenvalue weighted by molar-refractivity contribution is -0.133. The van der Waals surface area contributed by atoms with E-state index < -0.39 is 5.97 Å². The first kappa shape index (κ1) is 12.4. The van der Waals surface area contributed by atoms with Gasteiger partial charge in [-0.2, -0.15) is 0 Å². The van der Waals surface area contributed by atoms with E-state index in [1.807, 2.05) is 0 Å². The van der Waals surface area contributed by atoms with Gasteiger partial charge in [-0.15, -0.1) is 10.2 Å². The second kappa shape index (κ2) is 5.08. The number of aliphatic carboxylic acids is 1. The summed E-state index contributed by atoms with van der Waals surface area (Å²) in [5.74, 6) is 0.612. The first-order valence-electron chi connectivity index (χ1n) is 5.92. The highest BCUT2D eigenvalue weighted by Crippen LogP contribution is 2.40. The predicted octanol–water partition coefficient (Wildman–Crippen LogP) is 2.30. The van der Waals surface area contributed by atoms with Gasteiger partial charge < -0.3 is 9.67 Å². The molecule has 1 heterocycles. The normalized spacial score (nSPS) is 17.1. The monoisotopic (exact) mass is 255 g/mol. The standard InChI is InChI=1S/C11H17N3O2S/c1-3-7(2)10-12-13-11(17-6-9(15)16)14(10)8-4-5-8/h7-8H,3-6H2,1-2H3,(H,15,16). The van der Waals surface area contributed by atoms with Crippen molar-refractivity contribution in [1.29, 1.82) is 0 Å². The van der Waals surface area contributed by atoms with Gasteiger partial charge in [-0.1, -0.05) is 25.6 Å². The van der Waals surface area contributed by atoms with Crippen molar-refractivity contribution >= 4 is 17.7 Å². The molecule has 1 fully saturated rings. The van der Waals surface area contributed by atoms with Crippen LogP contribution in [0.15, 0.2) is 5.16 Å². The fourth-order valence-electron chi connectivity index (χ4n) is 1.71. The summed E-state index contributed by atoms with van der Waals surface area (Å²) in [6.45, 7) is 4.26. The SMILES string of the molecule is CCC(C)c1nnc(SCC(=O)O)n1C1CC1. The minimum Gasteiger partial charge on any atom is -0.481 e. The number of hydrogen-bond acceptors (Lipinski definition) is 4. The van der Waals surface area contributed by atoms with Crippen LogP contribution in [0, 0.1) is 0 Å². The quantitative estimate of drug-likeness (QED) is 0.790. The fourth-order valence-corrected chi connectivity index (χ4v) is 2.44. The van der Waals surface area contributed by atoms with E-state index in [-0.39, 0.29) is 5.75 Å². The Morgan fingerprint density at radius 2 is 2.29 bits per heavy atom. The van der Waals surface area contributed by atoms with Crippen molar-refractivity contribution < 1.29 is 9.90 Å². The molecule has 0 spiro atoms. The maximum atomic E-state index is 10.6. The lowest BCUT2D eigenvalue weighted by Crippen LogP contribution is -2.07. The zero-order chi connectivity index (χ0) is 12.4. The molecule has 0 aliphatic heterocycles. The number of rotatable bonds is 6. The van der Waals surface area contributed by atoms with Crippen LogP contribution in [-0.2, 0) is 4.79 Å². The molecule has 0 saturated heterocycles. The van der Waals surface area contributed by atoms with Gasteiger partial charge in [0.1, 0.15) is 5.82 Å². The number of aromatic nitrogens is 3. The van der Waals surface area contributed by atoms with Gasteiger partial charge in [-0.25, -0.2) is 0 Å². The summed E-state index contributed by atoms with van der Waals surface area (Å²) in [4.78, 5) is 10.6. The maximum Gasteiger partial charge on any atom is 0.313 e. The third-order valence-electron chi connectivity index (χ3n) is 2.98. The van der Waals surface area contributed by atoms with Crippen LogP contribution >= 0.6 is 11.8 Å². The second-order valence-corrected chi connectivity index (χ2v) is 5.38. The minimum atomic E-state index is -0.814. The molecule has 1 N–H and O–H groups in total. The Hall–Kier alpha value is -1.04. The van der Waals surface area contributed by atoms with Gasteiger partial charge in [0.25, 0.3) is 0 Å². The number of carboxylic acids is 1. The molecule has 5 nitrogen and oxygen atoms in total. The molecule has 1 aliphatic rings. The number of carbonyl (C=O) groups is 1. The molecule has 1 aromatic heterocycles. The van der Waals surface area contributed by atoms with Gasteiger partial charge in [0.05, 0.1) is 5.75 Å². The Kier molecular flexibility index (Phi) is 3.71. The fraction of sp³-hybridized carbons (Fsp3) is 0.727. The smallest absolute Gasteiger partial charge is 0.313 e. The number of hydrogen-bond donors (Lipinski definition) is 1. The van der Waals surface area contributed by atoms with E-state index in [1.54, 1.807) is 0 Å². The van der Waals surface area contributed by atoms with Crippen LogP contribution in [0.5, 0.6) is 0 Å². The number of thioether (sulfide) groups is 1. The molecule has 1 aromatic rings. The highest BCUT2D eigenvalue weighted by molar-refractivity contribution is 7.99. The summed E-state index contributed by atoms with van der Waals surface area (Å²) in [5.41, 5.74) is 0. The Balaban J connectivity index is 2.20. The van der Waals surface area contributed by atoms with Crippen LogP contribution in [-0.4, -0.2) is 31.6 Å². The Morgan fingerprint density at radius 3 is 2.82 bits per heavy atom. The van der Waals surface area contributed by atoms with Crippen molar-refractivity contribution in [2.24, 2.45) is 0 Å². The minimum absolute atomic E-state index is 0.0470. The topological polar surface area (TPSA) is 68.0 Å². The van der Waals surface area contributed by atoms with Crippen LogP contribution in [0.25, 0.3) is 0 Å². The predicted molar refractivity (Wildman–Crippen MR) is 65.4 cm³/mol.